The summed E-state index contributed by atoms with van der Waals surface area (Å²) in [5.41, 5.74) is 10.8. The predicted octanol–water partition coefficient (Wildman–Crippen LogP) is -6.59. The van der Waals surface area contributed by atoms with Crippen LogP contribution in [0.1, 0.15) is 13.8 Å². The van der Waals surface area contributed by atoms with E-state index in [0.29, 0.717) is 0 Å². The molecular formula is C16H30N2O12. The summed E-state index contributed by atoms with van der Waals surface area (Å²) >= 11 is 0. The van der Waals surface area contributed by atoms with Crippen molar-refractivity contribution in [1.29, 1.82) is 0 Å². The van der Waals surface area contributed by atoms with Crippen LogP contribution in [0, 0.1) is 0 Å². The number of ketones is 2. The summed E-state index contributed by atoms with van der Waals surface area (Å²) in [4.78, 5) is 22.2. The maximum Gasteiger partial charge on any atom is 0.244 e. The molecular weight excluding hydrogens is 412 g/mol. The molecule has 2 rings (SSSR count). The van der Waals surface area contributed by atoms with E-state index in [0.717, 1.165) is 13.8 Å². The van der Waals surface area contributed by atoms with Crippen LogP contribution in [0.3, 0.4) is 0 Å². The van der Waals surface area contributed by atoms with Crippen molar-refractivity contribution in [2.24, 2.45) is 11.5 Å². The van der Waals surface area contributed by atoms with Gasteiger partial charge in [-0.15, -0.1) is 0 Å². The number of Topliss-reactive ketones (excluding diaryl/α,β-unsaturated/α-hetero) is 2. The van der Waals surface area contributed by atoms with Gasteiger partial charge in [0.1, 0.15) is 36.6 Å². The largest absolute Gasteiger partial charge is 0.394 e. The van der Waals surface area contributed by atoms with Crippen LogP contribution in [0.4, 0.5) is 0 Å². The van der Waals surface area contributed by atoms with E-state index in [1.807, 2.05) is 0 Å². The van der Waals surface area contributed by atoms with Crippen LogP contribution in [-0.4, -0.2) is 126 Å². The molecule has 2 unspecified atom stereocenters. The van der Waals surface area contributed by atoms with Crippen molar-refractivity contribution in [2.45, 2.75) is 74.1 Å². The van der Waals surface area contributed by atoms with E-state index >= 15 is 0 Å². The molecule has 0 aromatic heterocycles. The molecule has 0 bridgehead atoms. The highest BCUT2D eigenvalue weighted by Crippen LogP contribution is 2.28. The first-order valence-electron chi connectivity index (χ1n) is 8.96. The zero-order chi connectivity index (χ0) is 23.6. The van der Waals surface area contributed by atoms with Crippen molar-refractivity contribution in [3.8, 4) is 0 Å². The quantitative estimate of drug-likeness (QED) is 0.194. The van der Waals surface area contributed by atoms with Gasteiger partial charge in [0.05, 0.1) is 25.3 Å². The van der Waals surface area contributed by atoms with Gasteiger partial charge in [0, 0.05) is 13.8 Å². The average Bonchev–Trinajstić information content (AvgIpc) is 2.70. The van der Waals surface area contributed by atoms with E-state index in [4.69, 9.17) is 31.2 Å². The van der Waals surface area contributed by atoms with Gasteiger partial charge in [0.15, 0.2) is 11.6 Å². The number of aliphatic hydroxyl groups excluding tert-OH is 6. The Kier molecular flexibility index (Phi) is 8.95. The summed E-state index contributed by atoms with van der Waals surface area (Å²) in [6.07, 6.45) is -8.44. The van der Waals surface area contributed by atoms with E-state index in [2.05, 4.69) is 0 Å². The molecule has 2 aliphatic rings. The van der Waals surface area contributed by atoms with Gasteiger partial charge < -0.3 is 61.8 Å². The number of nitrogens with two attached hydrogens (primary N) is 2. The van der Waals surface area contributed by atoms with Gasteiger partial charge in [0.25, 0.3) is 0 Å². The Morgan fingerprint density at radius 3 is 1.20 bits per heavy atom. The lowest BCUT2D eigenvalue weighted by Gasteiger charge is -2.44. The topological polar surface area (TPSA) is 266 Å². The Hall–Kier alpha value is -1.14. The molecule has 12 N–H and O–H groups in total. The van der Waals surface area contributed by atoms with Crippen molar-refractivity contribution in [3.05, 3.63) is 0 Å². The van der Waals surface area contributed by atoms with Gasteiger partial charge in [-0.1, -0.05) is 0 Å². The highest BCUT2D eigenvalue weighted by atomic mass is 16.7. The molecule has 0 aliphatic carbocycles. The summed E-state index contributed by atoms with van der Waals surface area (Å²) in [7, 11) is 0. The van der Waals surface area contributed by atoms with E-state index in [1.165, 1.54) is 0 Å². The lowest BCUT2D eigenvalue weighted by molar-refractivity contribution is -0.296. The number of carbonyl (C=O) groups excluding carboxylic acids is 2. The second kappa shape index (κ2) is 9.99. The van der Waals surface area contributed by atoms with E-state index in [9.17, 15) is 40.2 Å². The van der Waals surface area contributed by atoms with Gasteiger partial charge in [-0.25, -0.2) is 0 Å². The number of carbonyl (C=O) groups is 2. The fraction of sp³-hybridized carbons (Fsp3) is 0.875. The molecule has 2 heterocycles. The summed E-state index contributed by atoms with van der Waals surface area (Å²) < 4.78 is 9.60. The van der Waals surface area contributed by atoms with Crippen LogP contribution in [0.15, 0.2) is 0 Å². The van der Waals surface area contributed by atoms with Gasteiger partial charge in [-0.3, -0.25) is 9.59 Å². The van der Waals surface area contributed by atoms with Gasteiger partial charge in [-0.05, 0) is 0 Å². The minimum Gasteiger partial charge on any atom is -0.394 e. The third-order valence-corrected chi connectivity index (χ3v) is 5.13. The second-order valence-corrected chi connectivity index (χ2v) is 7.20. The van der Waals surface area contributed by atoms with Crippen LogP contribution >= 0.6 is 0 Å². The Morgan fingerprint density at radius 1 is 0.733 bits per heavy atom. The molecule has 0 amide bonds. The Bertz CT molecular complexity index is 567. The normalized spacial score (nSPS) is 46.5. The molecule has 0 aromatic rings. The maximum atomic E-state index is 11.1. The Balaban J connectivity index is 0.000000300. The zero-order valence-corrected chi connectivity index (χ0v) is 16.4. The zero-order valence-electron chi connectivity index (χ0n) is 16.4. The first-order chi connectivity index (χ1) is 13.7. The number of aliphatic hydroxyl groups is 8. The Labute approximate surface area is 171 Å². The first-order valence-corrected chi connectivity index (χ1v) is 8.96. The van der Waals surface area contributed by atoms with Crippen LogP contribution in [-0.2, 0) is 19.1 Å². The summed E-state index contributed by atoms with van der Waals surface area (Å²) in [5.74, 6) is -6.32. The first kappa shape index (κ1) is 26.9. The number of hydrogen-bond acceptors (Lipinski definition) is 14. The molecule has 30 heavy (non-hydrogen) atoms. The fourth-order valence-electron chi connectivity index (χ4n) is 3.01. The van der Waals surface area contributed by atoms with E-state index in [1.54, 1.807) is 0 Å². The van der Waals surface area contributed by atoms with Crippen molar-refractivity contribution in [3.63, 3.8) is 0 Å². The van der Waals surface area contributed by atoms with Gasteiger partial charge in [0.2, 0.25) is 11.6 Å². The molecule has 0 radical (unpaired) electrons. The maximum absolute atomic E-state index is 11.1. The summed E-state index contributed by atoms with van der Waals surface area (Å²) in [6, 6.07) is -2.90. The second-order valence-electron chi connectivity index (χ2n) is 7.20. The van der Waals surface area contributed by atoms with Crippen molar-refractivity contribution >= 4 is 11.6 Å². The highest BCUT2D eigenvalue weighted by Gasteiger charge is 2.55. The molecule has 2 aliphatic heterocycles. The van der Waals surface area contributed by atoms with Crippen molar-refractivity contribution < 1.29 is 59.9 Å². The lowest BCUT2D eigenvalue weighted by Crippen LogP contribution is -2.70. The third-order valence-electron chi connectivity index (χ3n) is 5.13. The van der Waals surface area contributed by atoms with Crippen LogP contribution in [0.2, 0.25) is 0 Å². The number of ether oxygens (including phenoxy) is 2. The smallest absolute Gasteiger partial charge is 0.244 e. The Morgan fingerprint density at radius 2 is 1.00 bits per heavy atom. The van der Waals surface area contributed by atoms with Gasteiger partial charge >= 0.3 is 0 Å². The molecule has 14 nitrogen and oxygen atoms in total. The number of hydrogen-bond donors (Lipinski definition) is 10. The fourth-order valence-corrected chi connectivity index (χ4v) is 3.01. The van der Waals surface area contributed by atoms with E-state index < -0.39 is 85.1 Å². The summed E-state index contributed by atoms with van der Waals surface area (Å²) in [6.45, 7) is 0.804. The number of rotatable bonds is 4. The monoisotopic (exact) mass is 442 g/mol. The van der Waals surface area contributed by atoms with Crippen LogP contribution < -0.4 is 11.5 Å². The highest BCUT2D eigenvalue weighted by molar-refractivity contribution is 5.84. The average molecular weight is 442 g/mol. The molecule has 2 fully saturated rings. The molecule has 0 saturated carbocycles. The van der Waals surface area contributed by atoms with Gasteiger partial charge in [-0.2, -0.15) is 0 Å². The minimum atomic E-state index is -2.37. The molecule has 176 valence electrons. The molecule has 0 aromatic carbocycles. The predicted molar refractivity (Wildman–Crippen MR) is 95.2 cm³/mol. The molecule has 14 heteroatoms. The summed E-state index contributed by atoms with van der Waals surface area (Å²) in [5, 5.41) is 74.8. The van der Waals surface area contributed by atoms with Crippen LogP contribution in [0.25, 0.3) is 0 Å². The standard InChI is InChI=1S/2C8H15NO6/c2*1-3(11)8(14)7(9)6(13)5(12)4(2-10)15-8/h2*4-7,10,12-14H,2,9H2,1H3/t2*4-,5-,6+,7-,8?/m11/s1. The van der Waals surface area contributed by atoms with Crippen molar-refractivity contribution in [2.75, 3.05) is 13.2 Å². The minimum absolute atomic E-state index is 0.638. The van der Waals surface area contributed by atoms with Crippen LogP contribution in [0.5, 0.6) is 0 Å². The molecule has 10 atom stereocenters. The lowest BCUT2D eigenvalue weighted by atomic mass is 9.89. The molecule has 2 saturated heterocycles. The SMILES string of the molecule is CC(=O)C1(O)O[C@H](CO)[C@@H](O)[C@H](O)[C@H]1N.CC(=O)C1(O)O[C@H](CO)[C@@H](O)[C@H](O)[C@H]1N. The van der Waals surface area contributed by atoms with Crippen molar-refractivity contribution in [1.82, 2.24) is 0 Å². The molecule has 0 spiro atoms. The van der Waals surface area contributed by atoms with E-state index in [-0.39, 0.29) is 0 Å². The third kappa shape index (κ3) is 4.85.